The van der Waals surface area contributed by atoms with Crippen LogP contribution < -0.4 is 10.1 Å². The summed E-state index contributed by atoms with van der Waals surface area (Å²) in [6.07, 6.45) is 2.26. The fourth-order valence-electron chi connectivity index (χ4n) is 3.51. The molecule has 0 saturated heterocycles. The molecule has 0 saturated carbocycles. The highest BCUT2D eigenvalue weighted by Crippen LogP contribution is 2.40. The smallest absolute Gasteiger partial charge is 0.151 e. The molecule has 144 valence electrons. The van der Waals surface area contributed by atoms with E-state index in [0.717, 1.165) is 59.7 Å². The third-order valence-corrected chi connectivity index (χ3v) is 5.21. The van der Waals surface area contributed by atoms with Gasteiger partial charge in [-0.25, -0.2) is 0 Å². The van der Waals surface area contributed by atoms with E-state index in [2.05, 4.69) is 49.0 Å². The number of fused-ring (bicyclic) bond motifs is 1. The fraction of sp³-hybridized carbons (Fsp3) is 0.571. The monoisotopic (exact) mass is 377 g/mol. The van der Waals surface area contributed by atoms with Crippen molar-refractivity contribution in [1.82, 2.24) is 9.88 Å². The largest absolute Gasteiger partial charge is 0.494 e. The summed E-state index contributed by atoms with van der Waals surface area (Å²) in [5.74, 6) is 0.824. The minimum Gasteiger partial charge on any atom is -0.494 e. The van der Waals surface area contributed by atoms with E-state index in [1.807, 2.05) is 13.0 Å². The van der Waals surface area contributed by atoms with Gasteiger partial charge in [-0.2, -0.15) is 0 Å². The molecule has 0 bridgehead atoms. The van der Waals surface area contributed by atoms with E-state index in [-0.39, 0.29) is 0 Å². The fourth-order valence-corrected chi connectivity index (χ4v) is 3.76. The van der Waals surface area contributed by atoms with Crippen LogP contribution in [-0.4, -0.2) is 42.7 Å². The number of hydrogen-bond acceptors (Lipinski definition) is 4. The van der Waals surface area contributed by atoms with Gasteiger partial charge in [0.25, 0.3) is 0 Å². The normalized spacial score (nSPS) is 12.6. The predicted molar refractivity (Wildman–Crippen MR) is 113 cm³/mol. The van der Waals surface area contributed by atoms with Gasteiger partial charge in [-0.1, -0.05) is 25.4 Å². The van der Waals surface area contributed by atoms with Crippen LogP contribution in [-0.2, 0) is 0 Å². The van der Waals surface area contributed by atoms with Crippen LogP contribution in [0.2, 0.25) is 5.02 Å². The number of aromatic nitrogens is 1. The second kappa shape index (κ2) is 9.43. The van der Waals surface area contributed by atoms with E-state index in [1.165, 1.54) is 6.42 Å². The molecule has 0 spiro atoms. The van der Waals surface area contributed by atoms with Crippen LogP contribution in [0.3, 0.4) is 0 Å². The van der Waals surface area contributed by atoms with E-state index in [0.29, 0.717) is 11.1 Å². The van der Waals surface area contributed by atoms with Crippen molar-refractivity contribution in [2.45, 2.75) is 53.5 Å². The summed E-state index contributed by atoms with van der Waals surface area (Å²) >= 11 is 6.54. The third kappa shape index (κ3) is 4.80. The summed E-state index contributed by atoms with van der Waals surface area (Å²) in [4.78, 5) is 7.06. The lowest BCUT2D eigenvalue weighted by Gasteiger charge is -2.22. The molecule has 4 nitrogen and oxygen atoms in total. The first-order valence-electron chi connectivity index (χ1n) is 9.54. The highest BCUT2D eigenvalue weighted by atomic mass is 35.5. The Morgan fingerprint density at radius 1 is 1.23 bits per heavy atom. The van der Waals surface area contributed by atoms with Crippen LogP contribution in [0.25, 0.3) is 10.9 Å². The lowest BCUT2D eigenvalue weighted by Crippen LogP contribution is -2.25. The molecule has 0 radical (unpaired) electrons. The minimum atomic E-state index is 0.340. The number of rotatable bonds is 9. The van der Waals surface area contributed by atoms with Gasteiger partial charge in [-0.05, 0) is 70.9 Å². The van der Waals surface area contributed by atoms with Crippen molar-refractivity contribution in [3.63, 3.8) is 0 Å². The van der Waals surface area contributed by atoms with E-state index in [1.54, 1.807) is 7.11 Å². The quantitative estimate of drug-likeness (QED) is 0.631. The number of benzene rings is 1. The Kier molecular flexibility index (Phi) is 7.54. The van der Waals surface area contributed by atoms with E-state index >= 15 is 0 Å². The van der Waals surface area contributed by atoms with Gasteiger partial charge in [0.15, 0.2) is 5.75 Å². The number of hydrogen-bond donors (Lipinski definition) is 1. The number of halogens is 1. The lowest BCUT2D eigenvalue weighted by molar-refractivity contribution is 0.295. The van der Waals surface area contributed by atoms with Gasteiger partial charge in [-0.15, -0.1) is 0 Å². The van der Waals surface area contributed by atoms with Gasteiger partial charge in [0.1, 0.15) is 0 Å². The standard InChI is InChI=1S/C21H32ClN3O/c1-7-25(8-2)11-9-10-15(4)23-18-13-17(22)20-19(21(18)26-6)14(3)12-16(5)24-20/h12-13,15,23H,7-11H2,1-6H3. The summed E-state index contributed by atoms with van der Waals surface area (Å²) in [5, 5.41) is 5.24. The van der Waals surface area contributed by atoms with Crippen molar-refractivity contribution in [2.75, 3.05) is 32.1 Å². The topological polar surface area (TPSA) is 37.4 Å². The first kappa shape index (κ1) is 20.8. The van der Waals surface area contributed by atoms with Gasteiger partial charge >= 0.3 is 0 Å². The highest BCUT2D eigenvalue weighted by molar-refractivity contribution is 6.36. The average Bonchev–Trinajstić information content (AvgIpc) is 2.59. The molecule has 0 amide bonds. The highest BCUT2D eigenvalue weighted by Gasteiger charge is 2.17. The van der Waals surface area contributed by atoms with Gasteiger partial charge in [-0.3, -0.25) is 4.98 Å². The van der Waals surface area contributed by atoms with E-state index in [9.17, 15) is 0 Å². The molecule has 1 unspecified atom stereocenters. The molecule has 2 rings (SSSR count). The zero-order valence-corrected chi connectivity index (χ0v) is 17.7. The molecule has 2 aromatic rings. The van der Waals surface area contributed by atoms with E-state index < -0.39 is 0 Å². The molecule has 1 aromatic carbocycles. The number of ether oxygens (including phenoxy) is 1. The maximum Gasteiger partial charge on any atom is 0.151 e. The van der Waals surface area contributed by atoms with Gasteiger partial charge in [0.05, 0.1) is 23.3 Å². The van der Waals surface area contributed by atoms with Crippen LogP contribution in [0.4, 0.5) is 5.69 Å². The summed E-state index contributed by atoms with van der Waals surface area (Å²) in [7, 11) is 1.71. The number of methoxy groups -OCH3 is 1. The van der Waals surface area contributed by atoms with Gasteiger partial charge in [0, 0.05) is 17.1 Å². The van der Waals surface area contributed by atoms with Crippen molar-refractivity contribution in [3.8, 4) is 5.75 Å². The van der Waals surface area contributed by atoms with Crippen LogP contribution in [0.5, 0.6) is 5.75 Å². The Labute approximate surface area is 162 Å². The molecule has 26 heavy (non-hydrogen) atoms. The summed E-state index contributed by atoms with van der Waals surface area (Å²) in [6.45, 7) is 14.1. The molecule has 1 atom stereocenters. The van der Waals surface area contributed by atoms with Crippen molar-refractivity contribution < 1.29 is 4.74 Å². The summed E-state index contributed by atoms with van der Waals surface area (Å²) in [5.41, 5.74) is 3.84. The zero-order valence-electron chi connectivity index (χ0n) is 16.9. The van der Waals surface area contributed by atoms with Crippen molar-refractivity contribution in [3.05, 3.63) is 28.4 Å². The van der Waals surface area contributed by atoms with Crippen LogP contribution >= 0.6 is 11.6 Å². The molecule has 1 aromatic heterocycles. The predicted octanol–water partition coefficient (Wildman–Crippen LogP) is 5.44. The number of nitrogens with zero attached hydrogens (tertiary/aromatic N) is 2. The third-order valence-electron chi connectivity index (χ3n) is 4.93. The molecule has 0 aliphatic heterocycles. The number of nitrogens with one attached hydrogen (secondary N) is 1. The first-order valence-corrected chi connectivity index (χ1v) is 9.92. The van der Waals surface area contributed by atoms with Crippen molar-refractivity contribution in [1.29, 1.82) is 0 Å². The molecule has 0 aliphatic carbocycles. The molecule has 1 N–H and O–H groups in total. The van der Waals surface area contributed by atoms with Crippen LogP contribution in [0, 0.1) is 13.8 Å². The average molecular weight is 378 g/mol. The first-order chi connectivity index (χ1) is 12.4. The Hall–Kier alpha value is -1.52. The summed E-state index contributed by atoms with van der Waals surface area (Å²) in [6, 6.07) is 4.35. The molecule has 0 aliphatic rings. The van der Waals surface area contributed by atoms with Crippen LogP contribution in [0.1, 0.15) is 44.9 Å². The van der Waals surface area contributed by atoms with Gasteiger partial charge in [0.2, 0.25) is 0 Å². The lowest BCUT2D eigenvalue weighted by atomic mass is 10.1. The number of pyridine rings is 1. The van der Waals surface area contributed by atoms with Crippen LogP contribution in [0.15, 0.2) is 12.1 Å². The number of anilines is 1. The van der Waals surface area contributed by atoms with Crippen molar-refractivity contribution in [2.24, 2.45) is 0 Å². The Balaban J connectivity index is 2.21. The Morgan fingerprint density at radius 3 is 2.54 bits per heavy atom. The Morgan fingerprint density at radius 2 is 1.92 bits per heavy atom. The molecule has 1 heterocycles. The Bertz CT molecular complexity index is 744. The second-order valence-electron chi connectivity index (χ2n) is 6.96. The minimum absolute atomic E-state index is 0.340. The maximum absolute atomic E-state index is 6.54. The van der Waals surface area contributed by atoms with Crippen molar-refractivity contribution >= 4 is 28.2 Å². The summed E-state index contributed by atoms with van der Waals surface area (Å²) < 4.78 is 5.74. The zero-order chi connectivity index (χ0) is 19.3. The molecule has 5 heteroatoms. The molecular formula is C21H32ClN3O. The molecule has 0 fully saturated rings. The molecular weight excluding hydrogens is 346 g/mol. The maximum atomic E-state index is 6.54. The van der Waals surface area contributed by atoms with E-state index in [4.69, 9.17) is 16.3 Å². The number of aryl methyl sites for hydroxylation is 2. The second-order valence-corrected chi connectivity index (χ2v) is 7.37. The van der Waals surface area contributed by atoms with Gasteiger partial charge < -0.3 is 15.0 Å². The SMILES string of the molecule is CCN(CC)CCCC(C)Nc1cc(Cl)c2nc(C)cc(C)c2c1OC.